The van der Waals surface area contributed by atoms with Gasteiger partial charge in [-0.25, -0.2) is 0 Å². The first-order chi connectivity index (χ1) is 11.6. The quantitative estimate of drug-likeness (QED) is 0.495. The average Bonchev–Trinajstić information content (AvgIpc) is 3.14. The first-order valence-corrected chi connectivity index (χ1v) is 9.45. The second-order valence-corrected chi connectivity index (χ2v) is 9.75. The Balaban J connectivity index is 1.95. The van der Waals surface area contributed by atoms with Crippen LogP contribution in [-0.4, -0.2) is 8.34 Å². The molecule has 0 heterocycles. The summed E-state index contributed by atoms with van der Waals surface area (Å²) in [5.74, 6) is 0.534. The van der Waals surface area contributed by atoms with Gasteiger partial charge < -0.3 is 5.11 Å². The number of phenols is 1. The molecule has 1 fully saturated rings. The Hall–Kier alpha value is -1.58. The van der Waals surface area contributed by atoms with Gasteiger partial charge in [-0.05, 0) is 28.8 Å². The average molecular weight is 444 g/mol. The fourth-order valence-electron chi connectivity index (χ4n) is 3.82. The lowest BCUT2D eigenvalue weighted by Crippen LogP contribution is -2.16. The molecule has 0 spiro atoms. The van der Waals surface area contributed by atoms with Gasteiger partial charge in [0.1, 0.15) is 8.98 Å². The standard InChI is InChI=1S/C21H16Br2O/c22-21(23)19(15-7-3-1-4-8-15)20(21,16-9-5-2-6-10-16)17-11-13-18(24)14-12-17/h1-14,19,24H/t19-,20-/m0/s1. The van der Waals surface area contributed by atoms with Crippen molar-refractivity contribution >= 4 is 31.9 Å². The highest BCUT2D eigenvalue weighted by Gasteiger charge is 2.76. The monoisotopic (exact) mass is 442 g/mol. The SMILES string of the molecule is Oc1ccc([C@@]2(c3ccccc3)[C@H](c3ccccc3)C2(Br)Br)cc1. The van der Waals surface area contributed by atoms with Crippen LogP contribution < -0.4 is 0 Å². The van der Waals surface area contributed by atoms with Crippen molar-refractivity contribution in [1.82, 2.24) is 0 Å². The van der Waals surface area contributed by atoms with Gasteiger partial charge in [-0.3, -0.25) is 0 Å². The van der Waals surface area contributed by atoms with E-state index in [0.29, 0.717) is 0 Å². The molecule has 3 heteroatoms. The summed E-state index contributed by atoms with van der Waals surface area (Å²) in [7, 11) is 0. The van der Waals surface area contributed by atoms with E-state index in [4.69, 9.17) is 0 Å². The van der Waals surface area contributed by atoms with E-state index in [0.717, 1.165) is 0 Å². The minimum Gasteiger partial charge on any atom is -0.508 e. The Kier molecular flexibility index (Phi) is 3.81. The maximum absolute atomic E-state index is 9.70. The van der Waals surface area contributed by atoms with Crippen molar-refractivity contribution in [3.05, 3.63) is 102 Å². The van der Waals surface area contributed by atoms with Crippen molar-refractivity contribution in [2.24, 2.45) is 0 Å². The van der Waals surface area contributed by atoms with Gasteiger partial charge in [0, 0.05) is 5.92 Å². The van der Waals surface area contributed by atoms with Crippen molar-refractivity contribution in [3.8, 4) is 5.75 Å². The lowest BCUT2D eigenvalue weighted by atomic mass is 9.84. The predicted molar refractivity (Wildman–Crippen MR) is 105 cm³/mol. The van der Waals surface area contributed by atoms with Gasteiger partial charge in [-0.1, -0.05) is 105 Å². The Morgan fingerprint density at radius 1 is 0.667 bits per heavy atom. The zero-order chi connectivity index (χ0) is 16.8. The third-order valence-corrected chi connectivity index (χ3v) is 7.09. The molecule has 4 rings (SSSR count). The fraction of sp³-hybridized carbons (Fsp3) is 0.143. The van der Waals surface area contributed by atoms with Gasteiger partial charge >= 0.3 is 0 Å². The maximum atomic E-state index is 9.70. The summed E-state index contributed by atoms with van der Waals surface area (Å²) in [5, 5.41) is 9.70. The third-order valence-electron chi connectivity index (χ3n) is 4.92. The molecule has 0 bridgehead atoms. The van der Waals surface area contributed by atoms with Gasteiger partial charge in [0.15, 0.2) is 0 Å². The Bertz CT molecular complexity index is 844. The molecule has 1 aliphatic rings. The zero-order valence-electron chi connectivity index (χ0n) is 12.9. The van der Waals surface area contributed by atoms with Crippen molar-refractivity contribution in [2.75, 3.05) is 0 Å². The van der Waals surface area contributed by atoms with E-state index in [1.807, 2.05) is 24.3 Å². The van der Waals surface area contributed by atoms with Gasteiger partial charge in [-0.2, -0.15) is 0 Å². The van der Waals surface area contributed by atoms with Crippen LogP contribution in [0, 0.1) is 0 Å². The topological polar surface area (TPSA) is 20.2 Å². The molecule has 0 aliphatic heterocycles. The summed E-state index contributed by atoms with van der Waals surface area (Å²) in [6, 6.07) is 28.6. The smallest absolute Gasteiger partial charge is 0.115 e. The van der Waals surface area contributed by atoms with Crippen molar-refractivity contribution < 1.29 is 5.11 Å². The van der Waals surface area contributed by atoms with Crippen LogP contribution in [0.1, 0.15) is 22.6 Å². The second-order valence-electron chi connectivity index (χ2n) is 6.19. The number of hydrogen-bond acceptors (Lipinski definition) is 1. The number of halogens is 2. The first kappa shape index (κ1) is 15.9. The van der Waals surface area contributed by atoms with E-state index in [1.54, 1.807) is 12.1 Å². The highest BCUT2D eigenvalue weighted by atomic mass is 79.9. The molecule has 1 saturated carbocycles. The second kappa shape index (κ2) is 5.75. The number of aromatic hydroxyl groups is 1. The Morgan fingerprint density at radius 3 is 1.75 bits per heavy atom. The number of hydrogen-bond donors (Lipinski definition) is 1. The molecule has 120 valence electrons. The summed E-state index contributed by atoms with van der Waals surface area (Å²) < 4.78 is -0.271. The maximum Gasteiger partial charge on any atom is 0.115 e. The third kappa shape index (κ3) is 2.18. The molecule has 24 heavy (non-hydrogen) atoms. The fourth-order valence-corrected chi connectivity index (χ4v) is 6.18. The minimum absolute atomic E-state index is 0.233. The minimum atomic E-state index is -0.271. The van der Waals surface area contributed by atoms with Crippen molar-refractivity contribution in [1.29, 1.82) is 0 Å². The highest BCUT2D eigenvalue weighted by molar-refractivity contribution is 9.25. The number of alkyl halides is 2. The van der Waals surface area contributed by atoms with Crippen molar-refractivity contribution in [3.63, 3.8) is 0 Å². The van der Waals surface area contributed by atoms with E-state index in [-0.39, 0.29) is 20.3 Å². The molecule has 0 radical (unpaired) electrons. The Labute approximate surface area is 158 Å². The van der Waals surface area contributed by atoms with Crippen LogP contribution in [0.15, 0.2) is 84.9 Å². The predicted octanol–water partition coefficient (Wildman–Crippen LogP) is 5.96. The number of benzene rings is 3. The number of rotatable bonds is 3. The van der Waals surface area contributed by atoms with Crippen molar-refractivity contribution in [2.45, 2.75) is 14.6 Å². The van der Waals surface area contributed by atoms with Crippen LogP contribution in [0.3, 0.4) is 0 Å². The molecule has 0 amide bonds. The molecule has 0 unspecified atom stereocenters. The number of phenolic OH excluding ortho intramolecular Hbond substituents is 1. The van der Waals surface area contributed by atoms with Crippen LogP contribution in [0.2, 0.25) is 0 Å². The molecule has 1 N–H and O–H groups in total. The molecular weight excluding hydrogens is 428 g/mol. The molecule has 3 aromatic carbocycles. The van der Waals surface area contributed by atoms with Gasteiger partial charge in [0.05, 0.1) is 5.41 Å². The first-order valence-electron chi connectivity index (χ1n) is 7.86. The molecule has 2 atom stereocenters. The Morgan fingerprint density at radius 2 is 1.17 bits per heavy atom. The van der Waals surface area contributed by atoms with E-state index < -0.39 is 0 Å². The summed E-state index contributed by atoms with van der Waals surface area (Å²) in [5.41, 5.74) is 3.47. The van der Waals surface area contributed by atoms with Crippen LogP contribution in [0.4, 0.5) is 0 Å². The molecule has 0 saturated heterocycles. The normalized spacial score (nSPS) is 24.5. The molecule has 1 aliphatic carbocycles. The van der Waals surface area contributed by atoms with E-state index in [9.17, 15) is 5.11 Å². The molecular formula is C21H16Br2O. The largest absolute Gasteiger partial charge is 0.508 e. The zero-order valence-corrected chi connectivity index (χ0v) is 16.0. The lowest BCUT2D eigenvalue weighted by molar-refractivity contribution is 0.475. The molecule has 3 aromatic rings. The summed E-state index contributed by atoms with van der Waals surface area (Å²) >= 11 is 7.92. The van der Waals surface area contributed by atoms with Gasteiger partial charge in [-0.15, -0.1) is 0 Å². The van der Waals surface area contributed by atoms with Crippen LogP contribution >= 0.6 is 31.9 Å². The molecule has 0 aromatic heterocycles. The summed E-state index contributed by atoms with van der Waals surface area (Å²) in [4.78, 5) is 0. The van der Waals surface area contributed by atoms with Crippen LogP contribution in [0.5, 0.6) is 5.75 Å². The van der Waals surface area contributed by atoms with Crippen LogP contribution in [0.25, 0.3) is 0 Å². The summed E-state index contributed by atoms with van der Waals surface area (Å²) in [6.45, 7) is 0. The highest BCUT2D eigenvalue weighted by Crippen LogP contribution is 2.78. The van der Waals surface area contributed by atoms with Gasteiger partial charge in [0.25, 0.3) is 0 Å². The lowest BCUT2D eigenvalue weighted by Gasteiger charge is -2.21. The van der Waals surface area contributed by atoms with Crippen LogP contribution in [-0.2, 0) is 5.41 Å². The van der Waals surface area contributed by atoms with E-state index >= 15 is 0 Å². The van der Waals surface area contributed by atoms with E-state index in [1.165, 1.54) is 16.7 Å². The molecule has 1 nitrogen and oxygen atoms in total. The summed E-state index contributed by atoms with van der Waals surface area (Å²) in [6.07, 6.45) is 0. The van der Waals surface area contributed by atoms with Gasteiger partial charge in [0.2, 0.25) is 0 Å². The van der Waals surface area contributed by atoms with E-state index in [2.05, 4.69) is 80.4 Å².